The summed E-state index contributed by atoms with van der Waals surface area (Å²) < 4.78 is 22.0. The van der Waals surface area contributed by atoms with Crippen molar-refractivity contribution in [3.63, 3.8) is 0 Å². The summed E-state index contributed by atoms with van der Waals surface area (Å²) in [6, 6.07) is 0. The molecule has 124 valence electrons. The van der Waals surface area contributed by atoms with Crippen molar-refractivity contribution in [3.05, 3.63) is 0 Å². The second-order valence-electron chi connectivity index (χ2n) is 3.81. The molecule has 0 saturated heterocycles. The molecule has 0 spiro atoms. The number of ketones is 2. The van der Waals surface area contributed by atoms with Crippen LogP contribution in [-0.2, 0) is 43.6 Å². The number of hydrogen-bond donors (Lipinski definition) is 0. The maximum absolute atomic E-state index is 10.0. The van der Waals surface area contributed by atoms with Crippen molar-refractivity contribution in [2.45, 2.75) is 48.0 Å². The molecule has 0 heterocycles. The smallest absolute Gasteiger partial charge is 0 e. The van der Waals surface area contributed by atoms with Gasteiger partial charge in [0.1, 0.15) is 11.6 Å². The summed E-state index contributed by atoms with van der Waals surface area (Å²) >= 11 is -3.56. The Hall–Kier alpha value is 0.693. The van der Waals surface area contributed by atoms with Crippen molar-refractivity contribution in [2.75, 3.05) is 26.4 Å². The molecule has 21 heavy (non-hydrogen) atoms. The van der Waals surface area contributed by atoms with E-state index in [1.165, 1.54) is 13.8 Å². The zero-order chi connectivity index (χ0) is 16.0. The van der Waals surface area contributed by atoms with Crippen molar-refractivity contribution in [2.24, 2.45) is 0 Å². The predicted octanol–water partition coefficient (Wildman–Crippen LogP) is 2.12. The van der Waals surface area contributed by atoms with E-state index in [0.29, 0.717) is 26.4 Å². The average Bonchev–Trinajstić information content (AvgIpc) is 2.29. The number of carbonyl (C=O) groups is 2. The fraction of sp³-hybridized carbons (Fsp3) is 0.846. The first-order valence-corrected chi connectivity index (χ1v) is 11.6. The zero-order valence-corrected chi connectivity index (χ0v) is 18.4. The fourth-order valence-corrected chi connectivity index (χ4v) is 6.77. The average molecular weight is 447 g/mol. The minimum Gasteiger partial charge on any atom is 0 e. The molecule has 0 radical (unpaired) electrons. The molecule has 0 aliphatic rings. The summed E-state index contributed by atoms with van der Waals surface area (Å²) in [4.78, 5) is 20.1. The second kappa shape index (κ2) is 17.1. The van der Waals surface area contributed by atoms with Gasteiger partial charge in [-0.15, -0.1) is 0 Å². The Bertz CT molecular complexity index is 234. The number of carbonyl (C=O) groups excluding carboxylic acids is 2. The normalized spacial score (nSPS) is 10.2. The van der Waals surface area contributed by atoms with E-state index >= 15 is 0 Å². The quantitative estimate of drug-likeness (QED) is 0.378. The van der Waals surface area contributed by atoms with Crippen LogP contribution in [0.15, 0.2) is 0 Å². The standard InChI is InChI=1S/C5H8O2.4C2H5O.Sn.Ti/c1-4(6)3-5(2)7;4*1-2-3;;/h3H2,1-2H3;4*2H2,1H3;;/q;4*-1;+4;. The third-order valence-corrected chi connectivity index (χ3v) is 9.11. The van der Waals surface area contributed by atoms with Gasteiger partial charge < -0.3 is 0 Å². The van der Waals surface area contributed by atoms with Gasteiger partial charge >= 0.3 is 86.5 Å². The van der Waals surface area contributed by atoms with Crippen molar-refractivity contribution in [1.29, 1.82) is 0 Å². The molecule has 0 aliphatic heterocycles. The van der Waals surface area contributed by atoms with E-state index in [2.05, 4.69) is 0 Å². The molecule has 0 saturated carbocycles. The molecule has 0 unspecified atom stereocenters. The van der Waals surface area contributed by atoms with Gasteiger partial charge in [0, 0.05) is 21.7 Å². The summed E-state index contributed by atoms with van der Waals surface area (Å²) in [5, 5.41) is 0. The molecule has 0 rings (SSSR count). The maximum atomic E-state index is 10.0. The molecule has 0 fully saturated rings. The van der Waals surface area contributed by atoms with E-state index < -0.39 is 20.0 Å². The number of hydrogen-bond acceptors (Lipinski definition) is 6. The molecule has 0 N–H and O–H groups in total. The van der Waals surface area contributed by atoms with E-state index in [9.17, 15) is 9.59 Å². The first kappa shape index (κ1) is 26.6. The molecule has 0 bridgehead atoms. The monoisotopic (exact) mass is 448 g/mol. The van der Waals surface area contributed by atoms with Gasteiger partial charge in [-0.25, -0.2) is 0 Å². The summed E-state index contributed by atoms with van der Waals surface area (Å²) in [5.74, 6) is -0.125. The molecule has 0 amide bonds. The molecule has 0 atom stereocenters. The molecule has 0 aromatic rings. The van der Waals surface area contributed by atoms with Crippen molar-refractivity contribution in [1.82, 2.24) is 0 Å². The SMILES string of the molecule is CC(=O)CC(C)=O.CC[O][Sn]([O]CC)([O]CC)[O]CC.[Ti]. The fourth-order valence-electron chi connectivity index (χ4n) is 1.31. The van der Waals surface area contributed by atoms with E-state index in [4.69, 9.17) is 12.3 Å². The van der Waals surface area contributed by atoms with Crippen LogP contribution in [0.1, 0.15) is 48.0 Å². The van der Waals surface area contributed by atoms with Crippen LogP contribution >= 0.6 is 0 Å². The van der Waals surface area contributed by atoms with Crippen LogP contribution in [0, 0.1) is 0 Å². The molecule has 0 aliphatic carbocycles. The summed E-state index contributed by atoms with van der Waals surface area (Å²) in [6.07, 6.45) is 0.0833. The molecular formula is C13H28O6SnTi. The van der Waals surface area contributed by atoms with Gasteiger partial charge in [-0.2, -0.15) is 0 Å². The van der Waals surface area contributed by atoms with Gasteiger partial charge in [0.05, 0.1) is 6.42 Å². The van der Waals surface area contributed by atoms with Crippen molar-refractivity contribution < 1.29 is 43.6 Å². The molecular weight excluding hydrogens is 419 g/mol. The van der Waals surface area contributed by atoms with Crippen LogP contribution < -0.4 is 0 Å². The number of Topliss-reactive ketones (excluding diaryl/α,β-unsaturated/α-hetero) is 2. The maximum Gasteiger partial charge on any atom is 0 e. The van der Waals surface area contributed by atoms with Crippen molar-refractivity contribution >= 4 is 31.6 Å². The topological polar surface area (TPSA) is 71.1 Å². The summed E-state index contributed by atoms with van der Waals surface area (Å²) in [6.45, 7) is 12.8. The van der Waals surface area contributed by atoms with E-state index in [-0.39, 0.29) is 39.7 Å². The Balaban J connectivity index is -0.000000347. The third kappa shape index (κ3) is 16.9. The van der Waals surface area contributed by atoms with E-state index in [1.54, 1.807) is 0 Å². The van der Waals surface area contributed by atoms with Crippen LogP contribution in [0.5, 0.6) is 0 Å². The molecule has 6 nitrogen and oxygen atoms in total. The Labute approximate surface area is 149 Å². The Morgan fingerprint density at radius 2 is 0.952 bits per heavy atom. The van der Waals surface area contributed by atoms with Crippen LogP contribution in [0.3, 0.4) is 0 Å². The van der Waals surface area contributed by atoms with Gasteiger partial charge in [-0.1, -0.05) is 0 Å². The van der Waals surface area contributed by atoms with Gasteiger partial charge in [-0.05, 0) is 13.8 Å². The largest absolute Gasteiger partial charge is 0 e. The third-order valence-electron chi connectivity index (χ3n) is 1.78. The van der Waals surface area contributed by atoms with Crippen LogP contribution in [-0.4, -0.2) is 58.0 Å². The summed E-state index contributed by atoms with van der Waals surface area (Å²) in [7, 11) is 0. The summed E-state index contributed by atoms with van der Waals surface area (Å²) in [5.41, 5.74) is 0. The number of rotatable bonds is 10. The van der Waals surface area contributed by atoms with Gasteiger partial charge in [0.25, 0.3) is 0 Å². The van der Waals surface area contributed by atoms with E-state index in [0.717, 1.165) is 0 Å². The first-order valence-electron chi connectivity index (χ1n) is 6.91. The molecule has 8 heteroatoms. The molecule has 0 aromatic heterocycles. The predicted molar refractivity (Wildman–Crippen MR) is 78.2 cm³/mol. The van der Waals surface area contributed by atoms with E-state index in [1.807, 2.05) is 27.7 Å². The minimum atomic E-state index is -3.56. The Morgan fingerprint density at radius 3 is 1.05 bits per heavy atom. The van der Waals surface area contributed by atoms with Gasteiger partial charge in [0.15, 0.2) is 0 Å². The second-order valence-corrected chi connectivity index (χ2v) is 9.96. The first-order chi connectivity index (χ1) is 9.37. The van der Waals surface area contributed by atoms with Crippen molar-refractivity contribution in [3.8, 4) is 0 Å². The van der Waals surface area contributed by atoms with Gasteiger partial charge in [-0.3, -0.25) is 9.59 Å². The van der Waals surface area contributed by atoms with Crippen LogP contribution in [0.4, 0.5) is 0 Å². The van der Waals surface area contributed by atoms with Crippen LogP contribution in [0.25, 0.3) is 0 Å². The van der Waals surface area contributed by atoms with Gasteiger partial charge in [0.2, 0.25) is 0 Å². The Morgan fingerprint density at radius 1 is 0.714 bits per heavy atom. The van der Waals surface area contributed by atoms with Crippen LogP contribution in [0.2, 0.25) is 0 Å². The zero-order valence-electron chi connectivity index (χ0n) is 14.0. The Kier molecular flexibility index (Phi) is 21.6. The molecule has 0 aromatic carbocycles. The minimum absolute atomic E-state index is 0.